The highest BCUT2D eigenvalue weighted by molar-refractivity contribution is 6.36. The molecule has 19 heavy (non-hydrogen) atoms. The minimum atomic E-state index is 0.0631. The Kier molecular flexibility index (Phi) is 4.32. The number of amides is 1. The van der Waals surface area contributed by atoms with Crippen LogP contribution >= 0.6 is 23.2 Å². The maximum absolute atomic E-state index is 11.9. The standard InChI is InChI=1S/C13H15Cl2N3O/c1-3-12(19)18-7-6-17(2)13(18)16-11-5-4-9(14)8-10(11)15/h4-5,8H,3,6-7H2,1-2H3/b16-13-. The Morgan fingerprint density at radius 3 is 2.74 bits per heavy atom. The van der Waals surface area contributed by atoms with Gasteiger partial charge in [0, 0.05) is 31.6 Å². The summed E-state index contributed by atoms with van der Waals surface area (Å²) >= 11 is 12.0. The summed E-state index contributed by atoms with van der Waals surface area (Å²) in [6.45, 7) is 3.27. The maximum atomic E-state index is 11.9. The number of rotatable bonds is 2. The molecule has 1 aliphatic rings. The van der Waals surface area contributed by atoms with Gasteiger partial charge < -0.3 is 4.90 Å². The normalized spacial score (nSPS) is 17.4. The summed E-state index contributed by atoms with van der Waals surface area (Å²) in [5.41, 5.74) is 0.615. The van der Waals surface area contributed by atoms with E-state index in [9.17, 15) is 4.79 Å². The Balaban J connectivity index is 2.36. The maximum Gasteiger partial charge on any atom is 0.229 e. The lowest BCUT2D eigenvalue weighted by molar-refractivity contribution is -0.126. The van der Waals surface area contributed by atoms with Crippen molar-refractivity contribution in [3.05, 3.63) is 28.2 Å². The summed E-state index contributed by atoms with van der Waals surface area (Å²) in [5, 5.41) is 1.04. The quantitative estimate of drug-likeness (QED) is 0.841. The molecule has 102 valence electrons. The highest BCUT2D eigenvalue weighted by Crippen LogP contribution is 2.29. The van der Waals surface area contributed by atoms with Crippen molar-refractivity contribution in [3.63, 3.8) is 0 Å². The van der Waals surface area contributed by atoms with Crippen LogP contribution in [0.1, 0.15) is 13.3 Å². The van der Waals surface area contributed by atoms with E-state index in [1.165, 1.54) is 0 Å². The molecule has 0 aliphatic carbocycles. The Labute approximate surface area is 122 Å². The number of nitrogens with zero attached hydrogens (tertiary/aromatic N) is 3. The molecule has 1 fully saturated rings. The topological polar surface area (TPSA) is 35.9 Å². The summed E-state index contributed by atoms with van der Waals surface area (Å²) < 4.78 is 0. The zero-order chi connectivity index (χ0) is 14.0. The first-order valence-electron chi connectivity index (χ1n) is 6.08. The van der Waals surface area contributed by atoms with Crippen molar-refractivity contribution in [2.75, 3.05) is 20.1 Å². The zero-order valence-corrected chi connectivity index (χ0v) is 12.4. The van der Waals surface area contributed by atoms with E-state index >= 15 is 0 Å². The average Bonchev–Trinajstić information content (AvgIpc) is 2.73. The van der Waals surface area contributed by atoms with E-state index in [0.717, 1.165) is 6.54 Å². The van der Waals surface area contributed by atoms with E-state index in [1.54, 1.807) is 23.1 Å². The van der Waals surface area contributed by atoms with Gasteiger partial charge >= 0.3 is 0 Å². The van der Waals surface area contributed by atoms with Gasteiger partial charge in [-0.2, -0.15) is 0 Å². The number of hydrogen-bond donors (Lipinski definition) is 0. The predicted molar refractivity (Wildman–Crippen MR) is 78.2 cm³/mol. The molecule has 0 radical (unpaired) electrons. The summed E-state index contributed by atoms with van der Waals surface area (Å²) in [5.74, 6) is 0.698. The fraction of sp³-hybridized carbons (Fsp3) is 0.385. The summed E-state index contributed by atoms with van der Waals surface area (Å²) in [7, 11) is 1.91. The molecule has 0 unspecified atom stereocenters. The number of benzene rings is 1. The van der Waals surface area contributed by atoms with Gasteiger partial charge in [0.1, 0.15) is 0 Å². The second kappa shape index (κ2) is 5.80. The van der Waals surface area contributed by atoms with Gasteiger partial charge in [0.05, 0.1) is 10.7 Å². The van der Waals surface area contributed by atoms with Crippen molar-refractivity contribution in [1.29, 1.82) is 0 Å². The van der Waals surface area contributed by atoms with E-state index < -0.39 is 0 Å². The van der Waals surface area contributed by atoms with Crippen molar-refractivity contribution >= 4 is 40.8 Å². The first-order chi connectivity index (χ1) is 9.02. The molecule has 0 N–H and O–H groups in total. The van der Waals surface area contributed by atoms with Gasteiger partial charge in [-0.25, -0.2) is 4.99 Å². The van der Waals surface area contributed by atoms with E-state index in [2.05, 4.69) is 4.99 Å². The third-order valence-electron chi connectivity index (χ3n) is 2.98. The lowest BCUT2D eigenvalue weighted by Gasteiger charge is -2.18. The van der Waals surface area contributed by atoms with Gasteiger partial charge in [0.25, 0.3) is 0 Å². The highest BCUT2D eigenvalue weighted by atomic mass is 35.5. The van der Waals surface area contributed by atoms with Crippen LogP contribution in [-0.4, -0.2) is 41.8 Å². The molecule has 1 aromatic rings. The Hall–Kier alpha value is -1.26. The van der Waals surface area contributed by atoms with Crippen molar-refractivity contribution in [1.82, 2.24) is 9.80 Å². The van der Waals surface area contributed by atoms with Gasteiger partial charge in [-0.3, -0.25) is 9.69 Å². The lowest BCUT2D eigenvalue weighted by atomic mass is 10.3. The van der Waals surface area contributed by atoms with Crippen LogP contribution in [0.4, 0.5) is 5.69 Å². The number of halogens is 2. The second-order valence-corrected chi connectivity index (χ2v) is 5.17. The van der Waals surface area contributed by atoms with Crippen LogP contribution in [0.25, 0.3) is 0 Å². The van der Waals surface area contributed by atoms with Crippen molar-refractivity contribution in [2.24, 2.45) is 4.99 Å². The van der Waals surface area contributed by atoms with Gasteiger partial charge in [-0.1, -0.05) is 30.1 Å². The molecule has 6 heteroatoms. The molecule has 1 heterocycles. The minimum absolute atomic E-state index is 0.0631. The van der Waals surface area contributed by atoms with Crippen LogP contribution < -0.4 is 0 Å². The van der Waals surface area contributed by atoms with Gasteiger partial charge in [-0.15, -0.1) is 0 Å². The number of carbonyl (C=O) groups excluding carboxylic acids is 1. The van der Waals surface area contributed by atoms with Crippen LogP contribution in [0.3, 0.4) is 0 Å². The molecule has 0 atom stereocenters. The summed E-state index contributed by atoms with van der Waals surface area (Å²) in [6.07, 6.45) is 0.460. The van der Waals surface area contributed by atoms with Crippen LogP contribution in [-0.2, 0) is 4.79 Å². The molecule has 4 nitrogen and oxygen atoms in total. The Morgan fingerprint density at radius 1 is 1.37 bits per heavy atom. The first-order valence-corrected chi connectivity index (χ1v) is 6.83. The third-order valence-corrected chi connectivity index (χ3v) is 3.51. The molecular formula is C13H15Cl2N3O. The number of guanidine groups is 1. The fourth-order valence-electron chi connectivity index (χ4n) is 1.91. The molecule has 1 aromatic carbocycles. The molecule has 1 saturated heterocycles. The lowest BCUT2D eigenvalue weighted by Crippen LogP contribution is -2.35. The molecule has 0 bridgehead atoms. The van der Waals surface area contributed by atoms with Crippen LogP contribution in [0.5, 0.6) is 0 Å². The van der Waals surface area contributed by atoms with Crippen LogP contribution in [0, 0.1) is 0 Å². The number of hydrogen-bond acceptors (Lipinski definition) is 2. The van der Waals surface area contributed by atoms with E-state index in [-0.39, 0.29) is 5.91 Å². The fourth-order valence-corrected chi connectivity index (χ4v) is 2.36. The number of aliphatic imine (C=N–C) groups is 1. The molecule has 0 aromatic heterocycles. The van der Waals surface area contributed by atoms with Gasteiger partial charge in [-0.05, 0) is 18.2 Å². The monoisotopic (exact) mass is 299 g/mol. The predicted octanol–water partition coefficient (Wildman–Crippen LogP) is 3.16. The molecular weight excluding hydrogens is 285 g/mol. The molecule has 2 rings (SSSR count). The second-order valence-electron chi connectivity index (χ2n) is 4.33. The van der Waals surface area contributed by atoms with Gasteiger partial charge in [0.15, 0.2) is 0 Å². The van der Waals surface area contributed by atoms with E-state index in [1.807, 2.05) is 18.9 Å². The van der Waals surface area contributed by atoms with Crippen LogP contribution in [0.2, 0.25) is 10.0 Å². The number of likely N-dealkylation sites (N-methyl/N-ethyl adjacent to an activating group) is 1. The van der Waals surface area contributed by atoms with Gasteiger partial charge in [0.2, 0.25) is 11.9 Å². The van der Waals surface area contributed by atoms with Crippen molar-refractivity contribution in [2.45, 2.75) is 13.3 Å². The summed E-state index contributed by atoms with van der Waals surface area (Å²) in [4.78, 5) is 20.0. The van der Waals surface area contributed by atoms with Crippen molar-refractivity contribution < 1.29 is 4.79 Å². The SMILES string of the molecule is CCC(=O)N1CCN(C)/C1=N/c1ccc(Cl)cc1Cl. The zero-order valence-electron chi connectivity index (χ0n) is 10.9. The third kappa shape index (κ3) is 3.01. The average molecular weight is 300 g/mol. The molecule has 0 saturated carbocycles. The molecule has 1 aliphatic heterocycles. The first kappa shape index (κ1) is 14.2. The largest absolute Gasteiger partial charge is 0.343 e. The Morgan fingerprint density at radius 2 is 2.11 bits per heavy atom. The van der Waals surface area contributed by atoms with Crippen LogP contribution in [0.15, 0.2) is 23.2 Å². The smallest absolute Gasteiger partial charge is 0.229 e. The molecule has 1 amide bonds. The van der Waals surface area contributed by atoms with E-state index in [4.69, 9.17) is 23.2 Å². The molecule has 0 spiro atoms. The Bertz CT molecular complexity index is 531. The highest BCUT2D eigenvalue weighted by Gasteiger charge is 2.28. The summed E-state index contributed by atoms with van der Waals surface area (Å²) in [6, 6.07) is 5.12. The van der Waals surface area contributed by atoms with Crippen molar-refractivity contribution in [3.8, 4) is 0 Å². The van der Waals surface area contributed by atoms with E-state index in [0.29, 0.717) is 34.7 Å². The number of carbonyl (C=O) groups is 1. The minimum Gasteiger partial charge on any atom is -0.343 e.